The van der Waals surface area contributed by atoms with Crippen LogP contribution in [0.1, 0.15) is 24.5 Å². The number of ether oxygens (including phenoxy) is 1. The first-order valence-electron chi connectivity index (χ1n) is 8.27. The summed E-state index contributed by atoms with van der Waals surface area (Å²) < 4.78 is 28.0. The summed E-state index contributed by atoms with van der Waals surface area (Å²) in [6.45, 7) is 3.50. The molecule has 1 aromatic rings. The Bertz CT molecular complexity index is 686. The first kappa shape index (κ1) is 18.6. The fraction of sp³-hybridized carbons (Fsp3) is 0.588. The van der Waals surface area contributed by atoms with Crippen molar-refractivity contribution in [3.8, 4) is 5.75 Å². The summed E-state index contributed by atoms with van der Waals surface area (Å²) in [5.74, 6) is 1.87. The molecule has 0 saturated carbocycles. The van der Waals surface area contributed by atoms with E-state index in [2.05, 4.69) is 27.8 Å². The quantitative estimate of drug-likeness (QED) is 0.568. The number of sulfone groups is 1. The molecule has 1 atom stereocenters. The number of nitrogens with zero attached hydrogens (tertiary/aromatic N) is 1. The van der Waals surface area contributed by atoms with Crippen LogP contribution in [-0.2, 0) is 22.7 Å². The van der Waals surface area contributed by atoms with Crippen molar-refractivity contribution in [2.75, 3.05) is 32.2 Å². The normalized spacial score (nSPS) is 15.5. The van der Waals surface area contributed by atoms with Crippen LogP contribution in [0, 0.1) is 0 Å². The average molecular weight is 353 g/mol. The summed E-state index contributed by atoms with van der Waals surface area (Å²) in [6, 6.07) is 6.38. The molecule has 24 heavy (non-hydrogen) atoms. The zero-order chi connectivity index (χ0) is 17.6. The minimum Gasteiger partial charge on any atom is -0.493 e. The van der Waals surface area contributed by atoms with Crippen LogP contribution in [0.15, 0.2) is 23.2 Å². The average Bonchev–Trinajstić information content (AvgIpc) is 2.99. The van der Waals surface area contributed by atoms with Crippen molar-refractivity contribution in [3.63, 3.8) is 0 Å². The van der Waals surface area contributed by atoms with Gasteiger partial charge in [-0.2, -0.15) is 0 Å². The third-order valence-electron chi connectivity index (χ3n) is 3.99. The number of benzene rings is 1. The van der Waals surface area contributed by atoms with E-state index in [0.717, 1.165) is 31.7 Å². The topological polar surface area (TPSA) is 79.8 Å². The third kappa shape index (κ3) is 6.03. The van der Waals surface area contributed by atoms with Gasteiger partial charge >= 0.3 is 0 Å². The zero-order valence-corrected chi connectivity index (χ0v) is 15.4. The van der Waals surface area contributed by atoms with Gasteiger partial charge in [0.05, 0.1) is 12.4 Å². The van der Waals surface area contributed by atoms with Crippen molar-refractivity contribution in [2.45, 2.75) is 32.2 Å². The van der Waals surface area contributed by atoms with Gasteiger partial charge in [-0.05, 0) is 37.0 Å². The van der Waals surface area contributed by atoms with Crippen LogP contribution in [0.25, 0.3) is 0 Å². The molecule has 1 heterocycles. The van der Waals surface area contributed by atoms with Crippen molar-refractivity contribution in [2.24, 2.45) is 4.99 Å². The Kier molecular flexibility index (Phi) is 6.48. The molecule has 0 radical (unpaired) electrons. The lowest BCUT2D eigenvalue weighted by Crippen LogP contribution is -2.43. The van der Waals surface area contributed by atoms with Crippen molar-refractivity contribution in [1.82, 2.24) is 10.6 Å². The molecule has 0 spiro atoms. The molecule has 0 amide bonds. The molecule has 1 aliphatic rings. The maximum atomic E-state index is 11.2. The molecule has 1 aromatic carbocycles. The summed E-state index contributed by atoms with van der Waals surface area (Å²) >= 11 is 0. The van der Waals surface area contributed by atoms with Gasteiger partial charge in [-0.15, -0.1) is 0 Å². The molecule has 134 valence electrons. The number of hydrogen-bond acceptors (Lipinski definition) is 4. The lowest BCUT2D eigenvalue weighted by Gasteiger charge is -2.17. The Morgan fingerprint density at radius 3 is 2.92 bits per heavy atom. The Morgan fingerprint density at radius 1 is 1.42 bits per heavy atom. The molecule has 0 aromatic heterocycles. The van der Waals surface area contributed by atoms with Gasteiger partial charge < -0.3 is 15.4 Å². The number of nitrogens with one attached hydrogen (secondary N) is 2. The molecule has 0 fully saturated rings. The number of fused-ring (bicyclic) bond motifs is 1. The lowest BCUT2D eigenvalue weighted by atomic mass is 10.1. The molecule has 0 saturated heterocycles. The van der Waals surface area contributed by atoms with Crippen molar-refractivity contribution >= 4 is 15.8 Å². The minimum absolute atomic E-state index is 0.0445. The van der Waals surface area contributed by atoms with E-state index in [4.69, 9.17) is 4.74 Å². The predicted molar refractivity (Wildman–Crippen MR) is 97.6 cm³/mol. The Labute approximate surface area is 144 Å². The van der Waals surface area contributed by atoms with Gasteiger partial charge in [-0.1, -0.05) is 12.1 Å². The molecule has 0 aliphatic carbocycles. The standard InChI is InChI=1S/C17H27N3O3S/c1-13(8-11-24(3,21)22)20-17(18-2)19-9-6-14-4-5-16-15(12-14)7-10-23-16/h4-5,12-13H,6-11H2,1-3H3,(H2,18,19,20). The molecular formula is C17H27N3O3S. The van der Waals surface area contributed by atoms with E-state index in [1.165, 1.54) is 17.4 Å². The number of rotatable bonds is 7. The maximum absolute atomic E-state index is 11.2. The lowest BCUT2D eigenvalue weighted by molar-refractivity contribution is 0.357. The van der Waals surface area contributed by atoms with E-state index in [-0.39, 0.29) is 11.8 Å². The van der Waals surface area contributed by atoms with E-state index in [1.807, 2.05) is 13.0 Å². The highest BCUT2D eigenvalue weighted by molar-refractivity contribution is 7.90. The van der Waals surface area contributed by atoms with Gasteiger partial charge in [0.1, 0.15) is 15.6 Å². The Balaban J connectivity index is 1.75. The van der Waals surface area contributed by atoms with Gasteiger partial charge in [0.15, 0.2) is 5.96 Å². The van der Waals surface area contributed by atoms with E-state index in [9.17, 15) is 8.42 Å². The molecule has 2 rings (SSSR count). The van der Waals surface area contributed by atoms with Gasteiger partial charge in [0.2, 0.25) is 0 Å². The highest BCUT2D eigenvalue weighted by Gasteiger charge is 2.12. The van der Waals surface area contributed by atoms with Crippen LogP contribution in [0.3, 0.4) is 0 Å². The second-order valence-electron chi connectivity index (χ2n) is 6.25. The van der Waals surface area contributed by atoms with Crippen LogP contribution in [-0.4, -0.2) is 52.6 Å². The summed E-state index contributed by atoms with van der Waals surface area (Å²) in [4.78, 5) is 4.19. The second-order valence-corrected chi connectivity index (χ2v) is 8.51. The maximum Gasteiger partial charge on any atom is 0.191 e. The largest absolute Gasteiger partial charge is 0.493 e. The van der Waals surface area contributed by atoms with E-state index in [0.29, 0.717) is 12.4 Å². The summed E-state index contributed by atoms with van der Waals surface area (Å²) in [5, 5.41) is 6.49. The summed E-state index contributed by atoms with van der Waals surface area (Å²) in [6.07, 6.45) is 3.70. The van der Waals surface area contributed by atoms with Crippen LogP contribution in [0.5, 0.6) is 5.75 Å². The van der Waals surface area contributed by atoms with Crippen LogP contribution in [0.2, 0.25) is 0 Å². The highest BCUT2D eigenvalue weighted by atomic mass is 32.2. The minimum atomic E-state index is -2.93. The van der Waals surface area contributed by atoms with Gasteiger partial charge in [0, 0.05) is 32.3 Å². The van der Waals surface area contributed by atoms with Crippen molar-refractivity contribution in [1.29, 1.82) is 0 Å². The third-order valence-corrected chi connectivity index (χ3v) is 4.97. The molecule has 2 N–H and O–H groups in total. The fourth-order valence-electron chi connectivity index (χ4n) is 2.61. The van der Waals surface area contributed by atoms with Crippen LogP contribution < -0.4 is 15.4 Å². The smallest absolute Gasteiger partial charge is 0.191 e. The van der Waals surface area contributed by atoms with Crippen LogP contribution >= 0.6 is 0 Å². The molecule has 1 unspecified atom stereocenters. The molecule has 1 aliphatic heterocycles. The van der Waals surface area contributed by atoms with E-state index < -0.39 is 9.84 Å². The van der Waals surface area contributed by atoms with Gasteiger partial charge in [-0.25, -0.2) is 8.42 Å². The molecule has 0 bridgehead atoms. The first-order valence-corrected chi connectivity index (χ1v) is 10.3. The van der Waals surface area contributed by atoms with Crippen molar-refractivity contribution < 1.29 is 13.2 Å². The summed E-state index contributed by atoms with van der Waals surface area (Å²) in [5.41, 5.74) is 2.55. The van der Waals surface area contributed by atoms with Gasteiger partial charge in [-0.3, -0.25) is 4.99 Å². The monoisotopic (exact) mass is 353 g/mol. The number of hydrogen-bond donors (Lipinski definition) is 2. The second kappa shape index (κ2) is 8.37. The number of guanidine groups is 1. The Morgan fingerprint density at radius 2 is 2.21 bits per heavy atom. The molecular weight excluding hydrogens is 326 g/mol. The van der Waals surface area contributed by atoms with E-state index in [1.54, 1.807) is 7.05 Å². The van der Waals surface area contributed by atoms with Crippen molar-refractivity contribution in [3.05, 3.63) is 29.3 Å². The molecule has 7 heteroatoms. The van der Waals surface area contributed by atoms with Crippen LogP contribution in [0.4, 0.5) is 0 Å². The first-order chi connectivity index (χ1) is 11.4. The Hall–Kier alpha value is -1.76. The predicted octanol–water partition coefficient (Wildman–Crippen LogP) is 1.15. The summed E-state index contributed by atoms with van der Waals surface area (Å²) in [7, 11) is -1.22. The molecule has 6 nitrogen and oxygen atoms in total. The SMILES string of the molecule is CN=C(NCCc1ccc2c(c1)CCO2)NC(C)CCS(C)(=O)=O. The fourth-order valence-corrected chi connectivity index (χ4v) is 3.39. The highest BCUT2D eigenvalue weighted by Crippen LogP contribution is 2.25. The zero-order valence-electron chi connectivity index (χ0n) is 14.6. The van der Waals surface area contributed by atoms with Gasteiger partial charge in [0.25, 0.3) is 0 Å². The van der Waals surface area contributed by atoms with E-state index >= 15 is 0 Å². The number of aliphatic imine (C=N–C) groups is 1.